The van der Waals surface area contributed by atoms with Crippen LogP contribution >= 0.6 is 19.2 Å². The van der Waals surface area contributed by atoms with E-state index in [-0.39, 0.29) is 0 Å². The van der Waals surface area contributed by atoms with Gasteiger partial charge in [-0.2, -0.15) is 0 Å². The summed E-state index contributed by atoms with van der Waals surface area (Å²) in [5.74, 6) is 0. The van der Waals surface area contributed by atoms with E-state index in [1.54, 1.807) is 0 Å². The summed E-state index contributed by atoms with van der Waals surface area (Å²) in [6.45, 7) is 2.26. The lowest BCUT2D eigenvalue weighted by molar-refractivity contribution is -0.113. The zero-order chi connectivity index (χ0) is 19.7. The summed E-state index contributed by atoms with van der Waals surface area (Å²) < 4.78 is 21.3. The van der Waals surface area contributed by atoms with Crippen molar-refractivity contribution in [3.8, 4) is 0 Å². The first-order chi connectivity index (χ1) is 12.5. The molecule has 26 heavy (non-hydrogen) atoms. The normalized spacial score (nSPS) is 13.1. The van der Waals surface area contributed by atoms with Crippen molar-refractivity contribution >= 4 is 24.7 Å². The molecule has 156 valence electrons. The third-order valence-electron chi connectivity index (χ3n) is 4.83. The zero-order valence-corrected chi connectivity index (χ0v) is 18.8. The van der Waals surface area contributed by atoms with E-state index in [1.807, 2.05) is 0 Å². The van der Waals surface area contributed by atoms with Gasteiger partial charge < -0.3 is 9.05 Å². The SMILES string of the molecule is CCCCCCCCCCCCCCCCC(Cl)C(=O)P(=O)(OC)OC. The number of hydrogen-bond acceptors (Lipinski definition) is 4. The predicted molar refractivity (Wildman–Crippen MR) is 111 cm³/mol. The molecule has 0 saturated heterocycles. The maximum absolute atomic E-state index is 12.0. The molecule has 0 heterocycles. The fourth-order valence-electron chi connectivity index (χ4n) is 3.07. The fourth-order valence-corrected chi connectivity index (χ4v) is 4.56. The van der Waals surface area contributed by atoms with Crippen molar-refractivity contribution in [1.82, 2.24) is 0 Å². The van der Waals surface area contributed by atoms with Gasteiger partial charge in [0.15, 0.2) is 0 Å². The van der Waals surface area contributed by atoms with Crippen LogP contribution in [-0.4, -0.2) is 25.1 Å². The molecule has 0 spiro atoms. The Morgan fingerprint density at radius 3 is 1.46 bits per heavy atom. The molecule has 0 aliphatic rings. The Balaban J connectivity index is 3.46. The van der Waals surface area contributed by atoms with Crippen molar-refractivity contribution in [2.45, 2.75) is 109 Å². The van der Waals surface area contributed by atoms with Crippen molar-refractivity contribution in [3.05, 3.63) is 0 Å². The summed E-state index contributed by atoms with van der Waals surface area (Å²) in [6.07, 6.45) is 18.5. The highest BCUT2D eigenvalue weighted by molar-refractivity contribution is 7.72. The molecule has 0 N–H and O–H groups in total. The molecule has 0 bridgehead atoms. The second-order valence-corrected chi connectivity index (χ2v) is 9.75. The minimum absolute atomic E-state index is 0.523. The minimum Gasteiger partial charge on any atom is -0.307 e. The molecule has 0 aliphatic carbocycles. The Morgan fingerprint density at radius 2 is 1.12 bits per heavy atom. The zero-order valence-electron chi connectivity index (χ0n) is 17.1. The lowest BCUT2D eigenvalue weighted by Gasteiger charge is -2.15. The molecule has 0 aromatic rings. The van der Waals surface area contributed by atoms with Crippen LogP contribution in [0.3, 0.4) is 0 Å². The van der Waals surface area contributed by atoms with Crippen molar-refractivity contribution < 1.29 is 18.4 Å². The van der Waals surface area contributed by atoms with Gasteiger partial charge in [0, 0.05) is 14.2 Å². The Labute approximate surface area is 166 Å². The molecule has 0 aromatic heterocycles. The number of rotatable bonds is 19. The average molecular weight is 411 g/mol. The molecule has 0 amide bonds. The first-order valence-corrected chi connectivity index (χ1v) is 12.4. The van der Waals surface area contributed by atoms with Gasteiger partial charge >= 0.3 is 7.60 Å². The van der Waals surface area contributed by atoms with Gasteiger partial charge in [0.1, 0.15) is 5.38 Å². The number of hydrogen-bond donors (Lipinski definition) is 0. The molecule has 0 aliphatic heterocycles. The summed E-state index contributed by atoms with van der Waals surface area (Å²) >= 11 is 6.04. The average Bonchev–Trinajstić information content (AvgIpc) is 2.66. The quantitative estimate of drug-likeness (QED) is 0.126. The second kappa shape index (κ2) is 17.2. The van der Waals surface area contributed by atoms with Crippen LogP contribution < -0.4 is 0 Å². The smallest absolute Gasteiger partial charge is 0.307 e. The lowest BCUT2D eigenvalue weighted by Crippen LogP contribution is -2.16. The van der Waals surface area contributed by atoms with Crippen molar-refractivity contribution in [3.63, 3.8) is 0 Å². The summed E-state index contributed by atoms with van der Waals surface area (Å²) in [6, 6.07) is 0. The molecular weight excluding hydrogens is 371 g/mol. The molecule has 6 heteroatoms. The van der Waals surface area contributed by atoms with Crippen molar-refractivity contribution in [2.24, 2.45) is 0 Å². The first-order valence-electron chi connectivity index (χ1n) is 10.4. The summed E-state index contributed by atoms with van der Waals surface area (Å²) in [7, 11) is -1.27. The summed E-state index contributed by atoms with van der Waals surface area (Å²) in [4.78, 5) is 11.9. The van der Waals surface area contributed by atoms with E-state index in [0.29, 0.717) is 6.42 Å². The molecule has 1 unspecified atom stereocenters. The van der Waals surface area contributed by atoms with Crippen LogP contribution in [0.4, 0.5) is 0 Å². The molecule has 0 fully saturated rings. The Morgan fingerprint density at radius 1 is 0.769 bits per heavy atom. The van der Waals surface area contributed by atoms with E-state index >= 15 is 0 Å². The number of carbonyl (C=O) groups excluding carboxylic acids is 1. The highest BCUT2D eigenvalue weighted by Crippen LogP contribution is 2.49. The number of halogens is 1. The van der Waals surface area contributed by atoms with Crippen LogP contribution in [0.25, 0.3) is 0 Å². The maximum Gasteiger partial charge on any atom is 0.397 e. The Bertz CT molecular complexity index is 382. The van der Waals surface area contributed by atoms with Gasteiger partial charge in [0.25, 0.3) is 5.52 Å². The summed E-state index contributed by atoms with van der Waals surface area (Å²) in [5.41, 5.74) is -0.626. The van der Waals surface area contributed by atoms with Gasteiger partial charge in [-0.25, -0.2) is 0 Å². The topological polar surface area (TPSA) is 52.6 Å². The van der Waals surface area contributed by atoms with Gasteiger partial charge in [0.05, 0.1) is 0 Å². The summed E-state index contributed by atoms with van der Waals surface area (Å²) in [5, 5.41) is -0.793. The number of alkyl halides is 1. The maximum atomic E-state index is 12.0. The van der Waals surface area contributed by atoms with Crippen molar-refractivity contribution in [1.29, 1.82) is 0 Å². The van der Waals surface area contributed by atoms with Crippen LogP contribution in [0, 0.1) is 0 Å². The van der Waals surface area contributed by atoms with E-state index in [2.05, 4.69) is 6.92 Å². The Kier molecular flexibility index (Phi) is 17.3. The third kappa shape index (κ3) is 12.5. The molecule has 0 rings (SSSR count). The molecular formula is C20H40ClO4P. The Hall–Kier alpha value is 0.110. The molecule has 4 nitrogen and oxygen atoms in total. The van der Waals surface area contributed by atoms with Crippen LogP contribution in [0.1, 0.15) is 103 Å². The van der Waals surface area contributed by atoms with Gasteiger partial charge in [0.2, 0.25) is 0 Å². The predicted octanol–water partition coefficient (Wildman–Crippen LogP) is 7.48. The van der Waals surface area contributed by atoms with E-state index in [4.69, 9.17) is 20.6 Å². The third-order valence-corrected chi connectivity index (χ3v) is 7.21. The standard InChI is InChI=1S/C20H40ClO4P/c1-4-5-6-7-8-9-10-11-12-13-14-15-16-17-18-19(21)20(22)26(23,24-2)25-3/h19H,4-18H2,1-3H3. The minimum atomic E-state index is -3.69. The largest absolute Gasteiger partial charge is 0.397 e. The highest BCUT2D eigenvalue weighted by atomic mass is 35.5. The second-order valence-electron chi connectivity index (χ2n) is 7.05. The van der Waals surface area contributed by atoms with E-state index < -0.39 is 18.5 Å². The van der Waals surface area contributed by atoms with Crippen molar-refractivity contribution in [2.75, 3.05) is 14.2 Å². The van der Waals surface area contributed by atoms with E-state index in [1.165, 1.54) is 91.3 Å². The number of carbonyl (C=O) groups is 1. The van der Waals surface area contributed by atoms with E-state index in [9.17, 15) is 9.36 Å². The lowest BCUT2D eigenvalue weighted by atomic mass is 10.0. The van der Waals surface area contributed by atoms with Gasteiger partial charge in [-0.15, -0.1) is 11.6 Å². The van der Waals surface area contributed by atoms with Gasteiger partial charge in [-0.3, -0.25) is 9.36 Å². The molecule has 1 atom stereocenters. The fraction of sp³-hybridized carbons (Fsp3) is 0.950. The van der Waals surface area contributed by atoms with Crippen LogP contribution in [0.15, 0.2) is 0 Å². The highest BCUT2D eigenvalue weighted by Gasteiger charge is 2.36. The van der Waals surface area contributed by atoms with Gasteiger partial charge in [-0.1, -0.05) is 96.8 Å². The molecule has 0 aromatic carbocycles. The van der Waals surface area contributed by atoms with Crippen LogP contribution in [-0.2, 0) is 18.4 Å². The van der Waals surface area contributed by atoms with E-state index in [0.717, 1.165) is 12.8 Å². The van der Waals surface area contributed by atoms with Gasteiger partial charge in [-0.05, 0) is 6.42 Å². The first kappa shape index (κ1) is 26.1. The molecule has 0 radical (unpaired) electrons. The molecule has 0 saturated carbocycles. The van der Waals surface area contributed by atoms with Crippen LogP contribution in [0.5, 0.6) is 0 Å². The monoisotopic (exact) mass is 410 g/mol. The van der Waals surface area contributed by atoms with Crippen LogP contribution in [0.2, 0.25) is 0 Å². The number of unbranched alkanes of at least 4 members (excludes halogenated alkanes) is 13.